The zero-order valence-electron chi connectivity index (χ0n) is 17.6. The first kappa shape index (κ1) is 20.8. The zero-order chi connectivity index (χ0) is 21.0. The van der Waals surface area contributed by atoms with Crippen molar-refractivity contribution < 1.29 is 9.53 Å². The van der Waals surface area contributed by atoms with E-state index in [1.165, 1.54) is 0 Å². The van der Waals surface area contributed by atoms with Crippen molar-refractivity contribution >= 4 is 40.3 Å². The summed E-state index contributed by atoms with van der Waals surface area (Å²) >= 11 is 12.4. The van der Waals surface area contributed by atoms with Crippen LogP contribution < -0.4 is 0 Å². The van der Waals surface area contributed by atoms with Crippen LogP contribution in [0.4, 0.5) is 4.79 Å². The van der Waals surface area contributed by atoms with E-state index in [-0.39, 0.29) is 22.5 Å². The third kappa shape index (κ3) is 4.22. The molecule has 5 nitrogen and oxygen atoms in total. The Morgan fingerprint density at radius 1 is 1.21 bits per heavy atom. The van der Waals surface area contributed by atoms with Crippen LogP contribution in [-0.2, 0) is 11.3 Å². The highest BCUT2D eigenvalue weighted by atomic mass is 35.5. The molecule has 2 atom stereocenters. The number of nitrogens with zero attached hydrogens (tertiary/aromatic N) is 3. The van der Waals surface area contributed by atoms with Gasteiger partial charge in [-0.2, -0.15) is 0 Å². The Morgan fingerprint density at radius 3 is 2.66 bits per heavy atom. The second-order valence-electron chi connectivity index (χ2n) is 10.4. The largest absolute Gasteiger partial charge is 0.441 e. The van der Waals surface area contributed by atoms with Crippen LogP contribution in [0.1, 0.15) is 53.4 Å². The van der Waals surface area contributed by atoms with Gasteiger partial charge in [0.15, 0.2) is 0 Å². The summed E-state index contributed by atoms with van der Waals surface area (Å²) in [6.07, 6.45) is 5.61. The highest BCUT2D eigenvalue weighted by Gasteiger charge is 2.51. The van der Waals surface area contributed by atoms with Crippen LogP contribution in [0.25, 0.3) is 11.0 Å². The molecule has 0 N–H and O–H groups in total. The van der Waals surface area contributed by atoms with Crippen molar-refractivity contribution in [2.24, 2.45) is 10.8 Å². The van der Waals surface area contributed by atoms with Gasteiger partial charge in [0.2, 0.25) is 0 Å². The molecule has 7 heteroatoms. The molecule has 0 radical (unpaired) electrons. The fourth-order valence-electron chi connectivity index (χ4n) is 5.13. The van der Waals surface area contributed by atoms with E-state index in [0.717, 1.165) is 49.8 Å². The standard InChI is InChI=1S/C22H29Cl2N3O2/c1-20(2,3)11-26-13-22(29-19(26)28)7-5-6-21(4,10-22)12-27-14-25-17-8-15(23)16(24)9-18(17)27/h8-9,14H,5-7,10-13H2,1-4H3/t21-,22-/m0/s1. The van der Waals surface area contributed by atoms with Gasteiger partial charge in [-0.1, -0.05) is 50.9 Å². The molecular weight excluding hydrogens is 409 g/mol. The van der Waals surface area contributed by atoms with E-state index in [1.54, 1.807) is 0 Å². The molecule has 1 aliphatic heterocycles. The first-order valence-corrected chi connectivity index (χ1v) is 11.0. The lowest BCUT2D eigenvalue weighted by molar-refractivity contribution is -0.0270. The fraction of sp³-hybridized carbons (Fsp3) is 0.636. The van der Waals surface area contributed by atoms with Crippen molar-refractivity contribution in [1.29, 1.82) is 0 Å². The summed E-state index contributed by atoms with van der Waals surface area (Å²) < 4.78 is 8.16. The SMILES string of the molecule is CC(C)(C)CN1C[C@@]2(CCC[C@](C)(Cn3cnc4cc(Cl)c(Cl)cc43)C2)OC1=O. The lowest BCUT2D eigenvalue weighted by Crippen LogP contribution is -2.45. The van der Waals surface area contributed by atoms with Crippen LogP contribution in [0.2, 0.25) is 10.0 Å². The monoisotopic (exact) mass is 437 g/mol. The van der Waals surface area contributed by atoms with Crippen LogP contribution in [0.15, 0.2) is 18.5 Å². The van der Waals surface area contributed by atoms with Crippen molar-refractivity contribution in [3.8, 4) is 0 Å². The Kier molecular flexibility index (Phi) is 5.06. The van der Waals surface area contributed by atoms with Crippen molar-refractivity contribution in [2.75, 3.05) is 13.1 Å². The summed E-state index contributed by atoms with van der Waals surface area (Å²) in [5.41, 5.74) is 1.51. The molecule has 1 spiro atoms. The Labute approximate surface area is 182 Å². The van der Waals surface area contributed by atoms with Crippen LogP contribution in [-0.4, -0.2) is 39.2 Å². The van der Waals surface area contributed by atoms with Crippen LogP contribution in [0, 0.1) is 10.8 Å². The lowest BCUT2D eigenvalue weighted by Gasteiger charge is -2.43. The van der Waals surface area contributed by atoms with Gasteiger partial charge in [0, 0.05) is 13.1 Å². The number of amides is 1. The second kappa shape index (κ2) is 7.05. The number of rotatable bonds is 3. The van der Waals surface area contributed by atoms with E-state index in [2.05, 4.69) is 37.2 Å². The number of hydrogen-bond acceptors (Lipinski definition) is 3. The number of hydrogen-bond donors (Lipinski definition) is 0. The summed E-state index contributed by atoms with van der Waals surface area (Å²) in [5, 5.41) is 1.05. The third-order valence-corrected chi connectivity index (χ3v) is 6.81. The van der Waals surface area contributed by atoms with Crippen LogP contribution >= 0.6 is 23.2 Å². The average molecular weight is 438 g/mol. The van der Waals surface area contributed by atoms with E-state index in [0.29, 0.717) is 16.6 Å². The van der Waals surface area contributed by atoms with Crippen molar-refractivity contribution in [3.05, 3.63) is 28.5 Å². The third-order valence-electron chi connectivity index (χ3n) is 6.08. The minimum absolute atomic E-state index is 0.00994. The number of imidazole rings is 1. The van der Waals surface area contributed by atoms with Gasteiger partial charge in [0.1, 0.15) is 5.60 Å². The van der Waals surface area contributed by atoms with Crippen LogP contribution in [0.3, 0.4) is 0 Å². The van der Waals surface area contributed by atoms with Gasteiger partial charge < -0.3 is 14.2 Å². The first-order valence-electron chi connectivity index (χ1n) is 10.3. The van der Waals surface area contributed by atoms with Gasteiger partial charge in [-0.3, -0.25) is 0 Å². The quantitative estimate of drug-likeness (QED) is 0.577. The van der Waals surface area contributed by atoms with Gasteiger partial charge in [-0.15, -0.1) is 0 Å². The summed E-state index contributed by atoms with van der Waals surface area (Å²) in [6, 6.07) is 3.69. The average Bonchev–Trinajstić information content (AvgIpc) is 3.07. The molecule has 2 aromatic rings. The summed E-state index contributed by atoms with van der Waals surface area (Å²) in [7, 11) is 0. The van der Waals surface area contributed by atoms with Gasteiger partial charge in [0.25, 0.3) is 0 Å². The molecule has 1 aromatic carbocycles. The minimum Gasteiger partial charge on any atom is -0.441 e. The molecule has 1 saturated carbocycles. The van der Waals surface area contributed by atoms with E-state index < -0.39 is 0 Å². The number of aromatic nitrogens is 2. The highest BCUT2D eigenvalue weighted by Crippen LogP contribution is 2.47. The predicted octanol–water partition coefficient (Wildman–Crippen LogP) is 6.16. The molecule has 2 fully saturated rings. The number of ether oxygens (including phenoxy) is 1. The lowest BCUT2D eigenvalue weighted by atomic mass is 9.68. The molecule has 1 saturated heterocycles. The molecule has 4 rings (SSSR count). The molecule has 1 aliphatic carbocycles. The second-order valence-corrected chi connectivity index (χ2v) is 11.3. The molecule has 2 aliphatic rings. The number of halogens is 2. The normalized spacial score (nSPS) is 27.8. The maximum absolute atomic E-state index is 12.6. The molecule has 1 amide bonds. The number of carbonyl (C=O) groups excluding carboxylic acids is 1. The van der Waals surface area contributed by atoms with Gasteiger partial charge in [-0.05, 0) is 48.6 Å². The Morgan fingerprint density at radius 2 is 1.93 bits per heavy atom. The van der Waals surface area contributed by atoms with E-state index in [4.69, 9.17) is 27.9 Å². The number of carbonyl (C=O) groups is 1. The zero-order valence-corrected chi connectivity index (χ0v) is 19.1. The number of benzene rings is 1. The maximum atomic E-state index is 12.6. The molecule has 0 bridgehead atoms. The maximum Gasteiger partial charge on any atom is 0.410 e. The van der Waals surface area contributed by atoms with Crippen molar-refractivity contribution in [3.63, 3.8) is 0 Å². The Bertz CT molecular complexity index is 951. The van der Waals surface area contributed by atoms with Gasteiger partial charge in [-0.25, -0.2) is 9.78 Å². The molecule has 1 aromatic heterocycles. The number of fused-ring (bicyclic) bond motifs is 1. The highest BCUT2D eigenvalue weighted by molar-refractivity contribution is 6.42. The predicted molar refractivity (Wildman–Crippen MR) is 117 cm³/mol. The van der Waals surface area contributed by atoms with Crippen molar-refractivity contribution in [1.82, 2.24) is 14.5 Å². The van der Waals surface area contributed by atoms with E-state index in [1.807, 2.05) is 23.4 Å². The fourth-order valence-corrected chi connectivity index (χ4v) is 5.44. The topological polar surface area (TPSA) is 47.4 Å². The van der Waals surface area contributed by atoms with Gasteiger partial charge >= 0.3 is 6.09 Å². The summed E-state index contributed by atoms with van der Waals surface area (Å²) in [5.74, 6) is 0. The smallest absolute Gasteiger partial charge is 0.410 e. The molecule has 0 unspecified atom stereocenters. The van der Waals surface area contributed by atoms with Crippen LogP contribution in [0.5, 0.6) is 0 Å². The summed E-state index contributed by atoms with van der Waals surface area (Å²) in [6.45, 7) is 10.9. The first-order chi connectivity index (χ1) is 13.5. The van der Waals surface area contributed by atoms with Gasteiger partial charge in [0.05, 0.1) is 34.0 Å². The van der Waals surface area contributed by atoms with Crippen molar-refractivity contribution in [2.45, 2.75) is 65.5 Å². The minimum atomic E-state index is -0.382. The molecule has 29 heavy (non-hydrogen) atoms. The molecule has 158 valence electrons. The molecule has 2 heterocycles. The molecular formula is C22H29Cl2N3O2. The summed E-state index contributed by atoms with van der Waals surface area (Å²) in [4.78, 5) is 18.9. The van der Waals surface area contributed by atoms with E-state index in [9.17, 15) is 4.79 Å². The Hall–Kier alpha value is -1.46. The Balaban J connectivity index is 1.55. The van der Waals surface area contributed by atoms with E-state index >= 15 is 0 Å².